The van der Waals surface area contributed by atoms with Gasteiger partial charge < -0.3 is 13.9 Å². The highest BCUT2D eigenvalue weighted by atomic mass is 16.5. The van der Waals surface area contributed by atoms with Crippen LogP contribution < -0.4 is 25.7 Å². The van der Waals surface area contributed by atoms with E-state index in [1.165, 1.54) is 0 Å². The molecule has 1 unspecified atom stereocenters. The van der Waals surface area contributed by atoms with Crippen LogP contribution >= 0.6 is 0 Å². The SMILES string of the molecule is C=C/C=c1/c2c(c(=O)oc1=C)C(c1ccc(OC)cc1)c1c(ccc3ccccc13)O2. The van der Waals surface area contributed by atoms with Gasteiger partial charge in [0.05, 0.1) is 17.9 Å². The predicted octanol–water partition coefficient (Wildman–Crippen LogP) is 4.46. The quantitative estimate of drug-likeness (QED) is 0.442. The van der Waals surface area contributed by atoms with Gasteiger partial charge in [0.15, 0.2) is 0 Å². The molecule has 1 aromatic heterocycles. The summed E-state index contributed by atoms with van der Waals surface area (Å²) in [5.41, 5.74) is 2.12. The van der Waals surface area contributed by atoms with E-state index in [0.717, 1.165) is 27.6 Å². The van der Waals surface area contributed by atoms with Crippen molar-refractivity contribution in [2.45, 2.75) is 5.92 Å². The Morgan fingerprint density at radius 1 is 1.00 bits per heavy atom. The lowest BCUT2D eigenvalue weighted by atomic mass is 9.81. The summed E-state index contributed by atoms with van der Waals surface area (Å²) in [5.74, 6) is 1.54. The van der Waals surface area contributed by atoms with Crippen molar-refractivity contribution in [3.63, 3.8) is 0 Å². The minimum absolute atomic E-state index is 0.251. The van der Waals surface area contributed by atoms with Crippen LogP contribution in [0.3, 0.4) is 0 Å². The molecule has 0 radical (unpaired) electrons. The summed E-state index contributed by atoms with van der Waals surface area (Å²) in [6.07, 6.45) is 3.38. The molecule has 0 fully saturated rings. The van der Waals surface area contributed by atoms with Crippen LogP contribution in [0.1, 0.15) is 22.6 Å². The van der Waals surface area contributed by atoms with Crippen LogP contribution in [0.25, 0.3) is 23.4 Å². The van der Waals surface area contributed by atoms with E-state index in [-0.39, 0.29) is 11.3 Å². The molecular weight excluding hydrogens is 388 g/mol. The van der Waals surface area contributed by atoms with Crippen molar-refractivity contribution in [2.24, 2.45) is 0 Å². The third-order valence-electron chi connectivity index (χ3n) is 5.68. The van der Waals surface area contributed by atoms with Crippen molar-refractivity contribution in [1.82, 2.24) is 0 Å². The Bertz CT molecular complexity index is 1490. The Hall–Kier alpha value is -4.05. The molecule has 4 nitrogen and oxygen atoms in total. The molecule has 0 amide bonds. The van der Waals surface area contributed by atoms with Crippen LogP contribution in [0, 0.1) is 0 Å². The molecule has 0 saturated heterocycles. The molecule has 0 saturated carbocycles. The molecule has 3 aromatic carbocycles. The highest BCUT2D eigenvalue weighted by Gasteiger charge is 2.34. The largest absolute Gasteiger partial charge is 0.497 e. The van der Waals surface area contributed by atoms with E-state index in [1.54, 1.807) is 19.3 Å². The van der Waals surface area contributed by atoms with Gasteiger partial charge in [-0.25, -0.2) is 4.79 Å². The first-order valence-corrected chi connectivity index (χ1v) is 9.94. The maximum Gasteiger partial charge on any atom is 0.344 e. The zero-order valence-electron chi connectivity index (χ0n) is 17.1. The molecule has 5 rings (SSSR count). The van der Waals surface area contributed by atoms with Gasteiger partial charge in [0.2, 0.25) is 0 Å². The smallest absolute Gasteiger partial charge is 0.344 e. The Labute approximate surface area is 179 Å². The number of rotatable bonds is 3. The second kappa shape index (κ2) is 7.33. The number of hydrogen-bond donors (Lipinski definition) is 0. The first-order valence-electron chi connectivity index (χ1n) is 9.94. The average molecular weight is 408 g/mol. The molecule has 0 spiro atoms. The van der Waals surface area contributed by atoms with Crippen LogP contribution in [-0.2, 0) is 0 Å². The molecule has 4 aromatic rings. The average Bonchev–Trinajstić information content (AvgIpc) is 2.80. The molecule has 1 aliphatic rings. The number of methoxy groups -OCH3 is 1. The van der Waals surface area contributed by atoms with Crippen molar-refractivity contribution < 1.29 is 13.9 Å². The summed E-state index contributed by atoms with van der Waals surface area (Å²) in [6.45, 7) is 7.67. The Morgan fingerprint density at radius 3 is 2.52 bits per heavy atom. The molecule has 4 heteroatoms. The maximum atomic E-state index is 13.1. The van der Waals surface area contributed by atoms with Crippen LogP contribution in [0.2, 0.25) is 0 Å². The number of allylic oxidation sites excluding steroid dienone is 1. The Kier molecular flexibility index (Phi) is 4.48. The first kappa shape index (κ1) is 18.9. The Balaban J connectivity index is 1.92. The summed E-state index contributed by atoms with van der Waals surface area (Å²) in [7, 11) is 1.63. The van der Waals surface area contributed by atoms with E-state index in [4.69, 9.17) is 13.9 Å². The highest BCUT2D eigenvalue weighted by molar-refractivity contribution is 5.90. The molecule has 1 aliphatic heterocycles. The normalized spacial score (nSPS) is 15.1. The minimum Gasteiger partial charge on any atom is -0.497 e. The van der Waals surface area contributed by atoms with E-state index < -0.39 is 5.63 Å². The molecule has 0 N–H and O–H groups in total. The lowest BCUT2D eigenvalue weighted by Gasteiger charge is -2.29. The fourth-order valence-corrected chi connectivity index (χ4v) is 4.28. The zero-order chi connectivity index (χ0) is 21.5. The number of hydrogen-bond acceptors (Lipinski definition) is 4. The summed E-state index contributed by atoms with van der Waals surface area (Å²) in [5, 5.41) is 2.71. The molecule has 1 atom stereocenters. The lowest BCUT2D eigenvalue weighted by molar-refractivity contribution is 0.403. The second-order valence-corrected chi connectivity index (χ2v) is 7.38. The topological polar surface area (TPSA) is 48.7 Å². The monoisotopic (exact) mass is 408 g/mol. The number of ether oxygens (including phenoxy) is 2. The first-order chi connectivity index (χ1) is 15.1. The van der Waals surface area contributed by atoms with E-state index in [2.05, 4.69) is 19.2 Å². The predicted molar refractivity (Wildman–Crippen MR) is 122 cm³/mol. The van der Waals surface area contributed by atoms with Crippen molar-refractivity contribution in [2.75, 3.05) is 7.11 Å². The molecule has 0 bridgehead atoms. The van der Waals surface area contributed by atoms with E-state index in [1.807, 2.05) is 54.6 Å². The Morgan fingerprint density at radius 2 is 1.77 bits per heavy atom. The fourth-order valence-electron chi connectivity index (χ4n) is 4.28. The third-order valence-corrected chi connectivity index (χ3v) is 5.68. The van der Waals surface area contributed by atoms with Crippen molar-refractivity contribution in [3.05, 3.63) is 111 Å². The summed E-state index contributed by atoms with van der Waals surface area (Å²) in [6, 6.07) is 19.8. The molecular formula is C27H20O4. The van der Waals surface area contributed by atoms with Gasteiger partial charge in [0.1, 0.15) is 22.7 Å². The zero-order valence-corrected chi connectivity index (χ0v) is 17.1. The van der Waals surface area contributed by atoms with Gasteiger partial charge >= 0.3 is 5.63 Å². The van der Waals surface area contributed by atoms with Crippen LogP contribution in [-0.4, -0.2) is 7.11 Å². The maximum absolute atomic E-state index is 13.1. The summed E-state index contributed by atoms with van der Waals surface area (Å²) >= 11 is 0. The second-order valence-electron chi connectivity index (χ2n) is 7.38. The van der Waals surface area contributed by atoms with Crippen molar-refractivity contribution >= 4 is 23.4 Å². The van der Waals surface area contributed by atoms with Crippen LogP contribution in [0.15, 0.2) is 82.5 Å². The van der Waals surface area contributed by atoms with Crippen LogP contribution in [0.4, 0.5) is 0 Å². The fraction of sp³-hybridized carbons (Fsp3) is 0.0741. The van der Waals surface area contributed by atoms with Crippen LogP contribution in [0.5, 0.6) is 17.2 Å². The van der Waals surface area contributed by atoms with Crippen molar-refractivity contribution in [1.29, 1.82) is 0 Å². The van der Waals surface area contributed by atoms with Gasteiger partial charge in [-0.2, -0.15) is 0 Å². The summed E-state index contributed by atoms with van der Waals surface area (Å²) < 4.78 is 17.2. The van der Waals surface area contributed by atoms with E-state index in [9.17, 15) is 4.79 Å². The minimum atomic E-state index is -0.458. The van der Waals surface area contributed by atoms with E-state index in [0.29, 0.717) is 22.3 Å². The lowest BCUT2D eigenvalue weighted by Crippen LogP contribution is -2.35. The number of fused-ring (bicyclic) bond motifs is 4. The van der Waals surface area contributed by atoms with Crippen molar-refractivity contribution in [3.8, 4) is 17.2 Å². The molecule has 2 heterocycles. The van der Waals surface area contributed by atoms with Gasteiger partial charge in [-0.15, -0.1) is 0 Å². The molecule has 0 aliphatic carbocycles. The van der Waals surface area contributed by atoms with Gasteiger partial charge in [-0.05, 0) is 40.6 Å². The molecule has 31 heavy (non-hydrogen) atoms. The summed E-state index contributed by atoms with van der Waals surface area (Å²) in [4.78, 5) is 13.1. The molecule has 152 valence electrons. The third kappa shape index (κ3) is 2.96. The van der Waals surface area contributed by atoms with Gasteiger partial charge in [-0.3, -0.25) is 0 Å². The van der Waals surface area contributed by atoms with E-state index >= 15 is 0 Å². The number of benzene rings is 3. The van der Waals surface area contributed by atoms with Gasteiger partial charge in [0.25, 0.3) is 0 Å². The highest BCUT2D eigenvalue weighted by Crippen LogP contribution is 2.47. The van der Waals surface area contributed by atoms with Gasteiger partial charge in [0, 0.05) is 11.5 Å². The standard InChI is InChI=1S/C27H20O4/c1-4-7-20-16(2)30-27(28)25-23(18-10-13-19(29-3)14-11-18)24-21-9-6-5-8-17(21)12-15-22(24)31-26(20)25/h4-15,23H,1-2H2,3H3/b20-7+. The van der Waals surface area contributed by atoms with Gasteiger partial charge in [-0.1, -0.05) is 61.7 Å².